The predicted molar refractivity (Wildman–Crippen MR) is 73.5 cm³/mol. The van der Waals surface area contributed by atoms with Gasteiger partial charge in [-0.25, -0.2) is 0 Å². The first kappa shape index (κ1) is 13.1. The highest BCUT2D eigenvalue weighted by atomic mass is 32.2. The average Bonchev–Trinajstić information content (AvgIpc) is 2.78. The first-order chi connectivity index (χ1) is 8.69. The Hall–Kier alpha value is -1.30. The molecular formula is C12H18N4OS. The molecule has 1 heterocycles. The highest BCUT2D eigenvalue weighted by Crippen LogP contribution is 2.29. The fourth-order valence-electron chi connectivity index (χ4n) is 2.18. The lowest BCUT2D eigenvalue weighted by atomic mass is 10.2. The minimum Gasteiger partial charge on any atom is -0.382 e. The SMILES string of the molecule is CCSC1CCC(NC(=O)c2ccc(N)nn2)C1. The number of nitrogens with one attached hydrogen (secondary N) is 1. The van der Waals surface area contributed by atoms with Gasteiger partial charge in [-0.1, -0.05) is 6.92 Å². The monoisotopic (exact) mass is 266 g/mol. The summed E-state index contributed by atoms with van der Waals surface area (Å²) in [5.74, 6) is 1.30. The number of nitrogens with two attached hydrogens (primary N) is 1. The Balaban J connectivity index is 1.87. The van der Waals surface area contributed by atoms with E-state index in [2.05, 4.69) is 22.4 Å². The largest absolute Gasteiger partial charge is 0.382 e. The molecular weight excluding hydrogens is 248 g/mol. The van der Waals surface area contributed by atoms with Crippen molar-refractivity contribution in [2.24, 2.45) is 0 Å². The molecule has 1 aromatic rings. The van der Waals surface area contributed by atoms with Crippen molar-refractivity contribution in [3.8, 4) is 0 Å². The van der Waals surface area contributed by atoms with Gasteiger partial charge in [0.25, 0.3) is 5.91 Å². The molecule has 1 saturated carbocycles. The van der Waals surface area contributed by atoms with Crippen molar-refractivity contribution in [1.82, 2.24) is 15.5 Å². The van der Waals surface area contributed by atoms with Gasteiger partial charge in [0, 0.05) is 11.3 Å². The van der Waals surface area contributed by atoms with Gasteiger partial charge < -0.3 is 11.1 Å². The Morgan fingerprint density at radius 3 is 3.00 bits per heavy atom. The second kappa shape index (κ2) is 6.04. The lowest BCUT2D eigenvalue weighted by molar-refractivity contribution is 0.0932. The van der Waals surface area contributed by atoms with Crippen molar-refractivity contribution in [3.63, 3.8) is 0 Å². The van der Waals surface area contributed by atoms with E-state index in [0.29, 0.717) is 16.8 Å². The van der Waals surface area contributed by atoms with Crippen LogP contribution in [0.3, 0.4) is 0 Å². The van der Waals surface area contributed by atoms with Crippen molar-refractivity contribution < 1.29 is 4.79 Å². The van der Waals surface area contributed by atoms with Crippen molar-refractivity contribution in [1.29, 1.82) is 0 Å². The number of hydrogen-bond acceptors (Lipinski definition) is 5. The van der Waals surface area contributed by atoms with Gasteiger partial charge in [0.1, 0.15) is 5.82 Å². The molecule has 0 saturated heterocycles. The fraction of sp³-hybridized carbons (Fsp3) is 0.583. The number of thioether (sulfide) groups is 1. The van der Waals surface area contributed by atoms with Gasteiger partial charge in [-0.05, 0) is 37.1 Å². The van der Waals surface area contributed by atoms with Gasteiger partial charge in [0.15, 0.2) is 5.69 Å². The predicted octanol–water partition coefficient (Wildman–Crippen LogP) is 1.46. The highest BCUT2D eigenvalue weighted by molar-refractivity contribution is 7.99. The third kappa shape index (κ3) is 3.35. The van der Waals surface area contributed by atoms with Crippen LogP contribution in [0.5, 0.6) is 0 Å². The summed E-state index contributed by atoms with van der Waals surface area (Å²) in [4.78, 5) is 11.9. The Bertz CT molecular complexity index is 409. The number of amides is 1. The Labute approximate surface area is 111 Å². The molecule has 1 aliphatic carbocycles. The van der Waals surface area contributed by atoms with Crippen molar-refractivity contribution >= 4 is 23.5 Å². The van der Waals surface area contributed by atoms with Crippen LogP contribution < -0.4 is 11.1 Å². The lowest BCUT2D eigenvalue weighted by Gasteiger charge is -2.12. The van der Waals surface area contributed by atoms with Crippen LogP contribution in [0, 0.1) is 0 Å². The van der Waals surface area contributed by atoms with Crippen LogP contribution >= 0.6 is 11.8 Å². The van der Waals surface area contributed by atoms with E-state index in [-0.39, 0.29) is 11.9 Å². The molecule has 0 aliphatic heterocycles. The van der Waals surface area contributed by atoms with Crippen LogP contribution in [0.2, 0.25) is 0 Å². The molecule has 0 aromatic carbocycles. The zero-order chi connectivity index (χ0) is 13.0. The topological polar surface area (TPSA) is 80.9 Å². The van der Waals surface area contributed by atoms with Crippen LogP contribution in [0.25, 0.3) is 0 Å². The van der Waals surface area contributed by atoms with Crippen LogP contribution in [0.4, 0.5) is 5.82 Å². The van der Waals surface area contributed by atoms with Crippen LogP contribution in [0.1, 0.15) is 36.7 Å². The number of hydrogen-bond donors (Lipinski definition) is 2. The minimum absolute atomic E-state index is 0.158. The van der Waals surface area contributed by atoms with Crippen molar-refractivity contribution in [3.05, 3.63) is 17.8 Å². The Morgan fingerprint density at radius 1 is 1.50 bits per heavy atom. The summed E-state index contributed by atoms with van der Waals surface area (Å²) in [6.07, 6.45) is 3.27. The van der Waals surface area contributed by atoms with Gasteiger partial charge in [-0.15, -0.1) is 10.2 Å². The summed E-state index contributed by atoms with van der Waals surface area (Å²) in [5, 5.41) is 11.2. The zero-order valence-electron chi connectivity index (χ0n) is 10.4. The van der Waals surface area contributed by atoms with E-state index >= 15 is 0 Å². The third-order valence-corrected chi connectivity index (χ3v) is 4.27. The van der Waals surface area contributed by atoms with Crippen molar-refractivity contribution in [2.45, 2.75) is 37.5 Å². The number of aromatic nitrogens is 2. The molecule has 2 atom stereocenters. The quantitative estimate of drug-likeness (QED) is 0.862. The molecule has 1 aliphatic rings. The molecule has 0 spiro atoms. The molecule has 0 radical (unpaired) electrons. The maximum absolute atomic E-state index is 11.9. The molecule has 1 amide bonds. The van der Waals surface area contributed by atoms with Crippen LogP contribution in [-0.2, 0) is 0 Å². The molecule has 6 heteroatoms. The maximum Gasteiger partial charge on any atom is 0.272 e. The number of nitrogen functional groups attached to an aromatic ring is 1. The highest BCUT2D eigenvalue weighted by Gasteiger charge is 2.26. The number of anilines is 1. The normalized spacial score (nSPS) is 22.9. The Kier molecular flexibility index (Phi) is 4.41. The van der Waals surface area contributed by atoms with Crippen LogP contribution in [0.15, 0.2) is 12.1 Å². The van der Waals surface area contributed by atoms with E-state index in [0.717, 1.165) is 18.6 Å². The molecule has 1 fully saturated rings. The number of carbonyl (C=O) groups is 1. The van der Waals surface area contributed by atoms with Crippen molar-refractivity contribution in [2.75, 3.05) is 11.5 Å². The summed E-state index contributed by atoms with van der Waals surface area (Å²) in [7, 11) is 0. The number of rotatable bonds is 4. The molecule has 1 aromatic heterocycles. The van der Waals surface area contributed by atoms with E-state index < -0.39 is 0 Å². The fourth-order valence-corrected chi connectivity index (χ4v) is 3.32. The summed E-state index contributed by atoms with van der Waals surface area (Å²) in [6, 6.07) is 3.46. The first-order valence-corrected chi connectivity index (χ1v) is 7.25. The molecule has 2 rings (SSSR count). The van der Waals surface area contributed by atoms with E-state index in [1.54, 1.807) is 12.1 Å². The summed E-state index contributed by atoms with van der Waals surface area (Å²) >= 11 is 1.97. The lowest BCUT2D eigenvalue weighted by Crippen LogP contribution is -2.33. The molecule has 98 valence electrons. The molecule has 5 nitrogen and oxygen atoms in total. The van der Waals surface area contributed by atoms with E-state index in [4.69, 9.17) is 5.73 Å². The van der Waals surface area contributed by atoms with Gasteiger partial charge >= 0.3 is 0 Å². The summed E-state index contributed by atoms with van der Waals surface area (Å²) < 4.78 is 0. The number of nitrogens with zero attached hydrogens (tertiary/aromatic N) is 2. The van der Waals surface area contributed by atoms with E-state index in [9.17, 15) is 4.79 Å². The third-order valence-electron chi connectivity index (χ3n) is 3.04. The summed E-state index contributed by atoms with van der Waals surface area (Å²) in [6.45, 7) is 2.17. The van der Waals surface area contributed by atoms with E-state index in [1.807, 2.05) is 11.8 Å². The summed E-state index contributed by atoms with van der Waals surface area (Å²) in [5.41, 5.74) is 5.76. The minimum atomic E-state index is -0.158. The van der Waals surface area contributed by atoms with Crippen LogP contribution in [-0.4, -0.2) is 33.1 Å². The van der Waals surface area contributed by atoms with Gasteiger partial charge in [0.2, 0.25) is 0 Å². The molecule has 18 heavy (non-hydrogen) atoms. The smallest absolute Gasteiger partial charge is 0.272 e. The van der Waals surface area contributed by atoms with Gasteiger partial charge in [-0.2, -0.15) is 11.8 Å². The Morgan fingerprint density at radius 2 is 2.33 bits per heavy atom. The van der Waals surface area contributed by atoms with Gasteiger partial charge in [0.05, 0.1) is 0 Å². The maximum atomic E-state index is 11.9. The molecule has 0 bridgehead atoms. The second-order valence-electron chi connectivity index (χ2n) is 4.40. The zero-order valence-corrected chi connectivity index (χ0v) is 11.2. The van der Waals surface area contributed by atoms with Gasteiger partial charge in [-0.3, -0.25) is 4.79 Å². The standard InChI is InChI=1S/C12H18N4OS/c1-2-18-9-4-3-8(7-9)14-12(17)10-5-6-11(13)16-15-10/h5-6,8-9H,2-4,7H2,1H3,(H2,13,16)(H,14,17). The average molecular weight is 266 g/mol. The number of carbonyl (C=O) groups excluding carboxylic acids is 1. The van der Waals surface area contributed by atoms with E-state index in [1.165, 1.54) is 6.42 Å². The first-order valence-electron chi connectivity index (χ1n) is 6.20. The molecule has 3 N–H and O–H groups in total. The second-order valence-corrected chi connectivity index (χ2v) is 5.98. The molecule has 2 unspecified atom stereocenters.